The number of carbonyl (C=O) groups is 3. The van der Waals surface area contributed by atoms with Gasteiger partial charge in [0.05, 0.1) is 5.00 Å². The minimum Gasteiger partial charge on any atom is -0.448 e. The average Bonchev–Trinajstić information content (AvgIpc) is 2.96. The van der Waals surface area contributed by atoms with E-state index in [2.05, 4.69) is 17.6 Å². The third-order valence-electron chi connectivity index (χ3n) is 5.11. The Balaban J connectivity index is 1.96. The normalized spacial score (nSPS) is 20.9. The third-order valence-corrected chi connectivity index (χ3v) is 6.25. The number of ether oxygens (including phenoxy) is 1. The summed E-state index contributed by atoms with van der Waals surface area (Å²) in [4.78, 5) is 37.5. The second-order valence-corrected chi connectivity index (χ2v) is 9.80. The van der Waals surface area contributed by atoms with E-state index < -0.39 is 17.5 Å². The topological polar surface area (TPSA) is 84.5 Å². The van der Waals surface area contributed by atoms with Crippen molar-refractivity contribution in [3.05, 3.63) is 16.5 Å². The van der Waals surface area contributed by atoms with Crippen LogP contribution < -0.4 is 10.6 Å². The Morgan fingerprint density at radius 3 is 2.46 bits per heavy atom. The number of rotatable bonds is 5. The predicted molar refractivity (Wildman–Crippen MR) is 112 cm³/mol. The molecule has 1 fully saturated rings. The van der Waals surface area contributed by atoms with Crippen molar-refractivity contribution in [2.24, 2.45) is 11.3 Å². The highest BCUT2D eigenvalue weighted by Gasteiger charge is 2.28. The molecule has 2 N–H and O–H groups in total. The molecular weight excluding hydrogens is 376 g/mol. The van der Waals surface area contributed by atoms with E-state index in [4.69, 9.17) is 4.74 Å². The standard InChI is InChI=1S/C21H32N2O4S/c1-12-9-7-8-10-15(12)22-18(24)14(3)27-19(25)17-13(2)11-16(28-17)23-20(26)21(4,5)6/h11-12,14-15H,7-10H2,1-6H3,(H,22,24)(H,23,26). The van der Waals surface area contributed by atoms with Gasteiger partial charge in [-0.3, -0.25) is 9.59 Å². The Morgan fingerprint density at radius 1 is 1.21 bits per heavy atom. The molecule has 0 radical (unpaired) electrons. The van der Waals surface area contributed by atoms with Crippen molar-refractivity contribution in [1.82, 2.24) is 5.32 Å². The fourth-order valence-corrected chi connectivity index (χ4v) is 4.09. The molecule has 0 aliphatic heterocycles. The van der Waals surface area contributed by atoms with Crippen molar-refractivity contribution in [2.75, 3.05) is 5.32 Å². The van der Waals surface area contributed by atoms with Gasteiger partial charge in [-0.05, 0) is 44.2 Å². The summed E-state index contributed by atoms with van der Waals surface area (Å²) in [7, 11) is 0. The van der Waals surface area contributed by atoms with E-state index >= 15 is 0 Å². The zero-order valence-electron chi connectivity index (χ0n) is 17.7. The van der Waals surface area contributed by atoms with Crippen LogP contribution in [-0.2, 0) is 14.3 Å². The number of hydrogen-bond donors (Lipinski definition) is 2. The first kappa shape index (κ1) is 22.4. The molecule has 2 rings (SSSR count). The summed E-state index contributed by atoms with van der Waals surface area (Å²) in [5.41, 5.74) is 0.189. The second kappa shape index (κ2) is 9.07. The molecule has 1 aromatic rings. The quantitative estimate of drug-likeness (QED) is 0.712. The lowest BCUT2D eigenvalue weighted by atomic mass is 9.86. The molecule has 3 atom stereocenters. The molecule has 1 aliphatic carbocycles. The summed E-state index contributed by atoms with van der Waals surface area (Å²) >= 11 is 1.16. The molecule has 1 aromatic heterocycles. The largest absolute Gasteiger partial charge is 0.448 e. The maximum atomic E-state index is 12.5. The van der Waals surface area contributed by atoms with E-state index in [9.17, 15) is 14.4 Å². The maximum absolute atomic E-state index is 12.5. The lowest BCUT2D eigenvalue weighted by Crippen LogP contribution is -2.45. The number of hydrogen-bond acceptors (Lipinski definition) is 5. The first-order chi connectivity index (χ1) is 13.0. The zero-order valence-corrected chi connectivity index (χ0v) is 18.5. The van der Waals surface area contributed by atoms with Crippen LogP contribution >= 0.6 is 11.3 Å². The molecule has 3 unspecified atom stereocenters. The Kier molecular flexibility index (Phi) is 7.26. The van der Waals surface area contributed by atoms with Crippen LogP contribution in [-0.4, -0.2) is 29.9 Å². The van der Waals surface area contributed by atoms with Gasteiger partial charge in [0.25, 0.3) is 5.91 Å². The predicted octanol–water partition coefficient (Wildman–Crippen LogP) is 4.28. The van der Waals surface area contributed by atoms with Crippen molar-refractivity contribution in [3.8, 4) is 0 Å². The second-order valence-electron chi connectivity index (χ2n) is 8.75. The Hall–Kier alpha value is -1.89. The molecule has 0 aromatic carbocycles. The summed E-state index contributed by atoms with van der Waals surface area (Å²) in [5, 5.41) is 6.44. The minimum atomic E-state index is -0.865. The molecule has 1 saturated carbocycles. The summed E-state index contributed by atoms with van der Waals surface area (Å²) in [6.07, 6.45) is 3.52. The van der Waals surface area contributed by atoms with Gasteiger partial charge in [0, 0.05) is 11.5 Å². The lowest BCUT2D eigenvalue weighted by Gasteiger charge is -2.30. The molecule has 28 heavy (non-hydrogen) atoms. The summed E-state index contributed by atoms with van der Waals surface area (Å²) < 4.78 is 5.39. The van der Waals surface area contributed by atoms with Crippen LogP contribution in [0.5, 0.6) is 0 Å². The fourth-order valence-electron chi connectivity index (χ4n) is 3.14. The molecule has 2 amide bonds. The zero-order chi connectivity index (χ0) is 21.1. The van der Waals surface area contributed by atoms with Gasteiger partial charge >= 0.3 is 5.97 Å². The van der Waals surface area contributed by atoms with Gasteiger partial charge < -0.3 is 15.4 Å². The smallest absolute Gasteiger partial charge is 0.349 e. The first-order valence-corrected chi connectivity index (χ1v) is 10.7. The van der Waals surface area contributed by atoms with E-state index in [0.717, 1.165) is 30.6 Å². The van der Waals surface area contributed by atoms with Gasteiger partial charge in [-0.15, -0.1) is 11.3 Å². The monoisotopic (exact) mass is 408 g/mol. The van der Waals surface area contributed by atoms with Gasteiger partial charge in [0.15, 0.2) is 6.10 Å². The van der Waals surface area contributed by atoms with Crippen molar-refractivity contribution >= 4 is 34.1 Å². The Morgan fingerprint density at radius 2 is 1.86 bits per heavy atom. The molecule has 7 heteroatoms. The molecule has 1 aliphatic rings. The summed E-state index contributed by atoms with van der Waals surface area (Å²) in [6.45, 7) is 11.0. The van der Waals surface area contributed by atoms with Crippen LogP contribution in [0.1, 0.15) is 75.5 Å². The number of anilines is 1. The molecule has 0 spiro atoms. The van der Waals surface area contributed by atoms with Crippen molar-refractivity contribution < 1.29 is 19.1 Å². The Bertz CT molecular complexity index is 735. The van der Waals surface area contributed by atoms with Gasteiger partial charge in [-0.25, -0.2) is 4.79 Å². The molecule has 6 nitrogen and oxygen atoms in total. The Labute approximate surface area is 171 Å². The number of carbonyl (C=O) groups excluding carboxylic acids is 3. The van der Waals surface area contributed by atoms with Crippen LogP contribution in [0.2, 0.25) is 0 Å². The molecule has 156 valence electrons. The number of amides is 2. The molecule has 0 saturated heterocycles. The molecule has 0 bridgehead atoms. The van der Waals surface area contributed by atoms with Crippen LogP contribution in [0, 0.1) is 18.3 Å². The van der Waals surface area contributed by atoms with E-state index in [1.807, 2.05) is 20.8 Å². The van der Waals surface area contributed by atoms with E-state index in [1.165, 1.54) is 6.42 Å². The van der Waals surface area contributed by atoms with E-state index in [1.54, 1.807) is 19.9 Å². The van der Waals surface area contributed by atoms with Crippen molar-refractivity contribution in [3.63, 3.8) is 0 Å². The van der Waals surface area contributed by atoms with E-state index in [0.29, 0.717) is 21.4 Å². The molecule has 1 heterocycles. The fraction of sp³-hybridized carbons (Fsp3) is 0.667. The number of thiophene rings is 1. The highest BCUT2D eigenvalue weighted by molar-refractivity contribution is 7.18. The van der Waals surface area contributed by atoms with Crippen LogP contribution in [0.25, 0.3) is 0 Å². The first-order valence-electron chi connectivity index (χ1n) is 9.92. The molecular formula is C21H32N2O4S. The van der Waals surface area contributed by atoms with E-state index in [-0.39, 0.29) is 17.9 Å². The van der Waals surface area contributed by atoms with Crippen molar-refractivity contribution in [1.29, 1.82) is 0 Å². The van der Waals surface area contributed by atoms with Gasteiger partial charge in [0.2, 0.25) is 5.91 Å². The average molecular weight is 409 g/mol. The maximum Gasteiger partial charge on any atom is 0.349 e. The highest BCUT2D eigenvalue weighted by Crippen LogP contribution is 2.29. The van der Waals surface area contributed by atoms with Gasteiger partial charge in [0.1, 0.15) is 4.88 Å². The van der Waals surface area contributed by atoms with Crippen LogP contribution in [0.3, 0.4) is 0 Å². The number of nitrogens with one attached hydrogen (secondary N) is 2. The van der Waals surface area contributed by atoms with Crippen LogP contribution in [0.15, 0.2) is 6.07 Å². The highest BCUT2D eigenvalue weighted by atomic mass is 32.1. The lowest BCUT2D eigenvalue weighted by molar-refractivity contribution is -0.130. The van der Waals surface area contributed by atoms with Gasteiger partial charge in [-0.1, -0.05) is 40.5 Å². The van der Waals surface area contributed by atoms with Gasteiger partial charge in [-0.2, -0.15) is 0 Å². The number of esters is 1. The SMILES string of the molecule is Cc1cc(NC(=O)C(C)(C)C)sc1C(=O)OC(C)C(=O)NC1CCCCC1C. The van der Waals surface area contributed by atoms with Crippen molar-refractivity contribution in [2.45, 2.75) is 79.4 Å². The number of aryl methyl sites for hydroxylation is 1. The summed E-state index contributed by atoms with van der Waals surface area (Å²) in [6, 6.07) is 1.89. The third kappa shape index (κ3) is 5.80. The summed E-state index contributed by atoms with van der Waals surface area (Å²) in [5.74, 6) is -0.488. The minimum absolute atomic E-state index is 0.122. The van der Waals surface area contributed by atoms with Crippen LogP contribution in [0.4, 0.5) is 5.00 Å².